The topological polar surface area (TPSA) is 64.8 Å². The Hall–Kier alpha value is -1.30. The first-order chi connectivity index (χ1) is 9.99. The van der Waals surface area contributed by atoms with Gasteiger partial charge in [0, 0.05) is 19.1 Å². The van der Waals surface area contributed by atoms with Crippen molar-refractivity contribution in [1.82, 2.24) is 4.90 Å². The molecule has 5 nitrogen and oxygen atoms in total. The molecular weight excluding hydrogens is 292 g/mol. The number of carbonyl (C=O) groups is 1. The van der Waals surface area contributed by atoms with Gasteiger partial charge in [0.15, 0.2) is 6.10 Å². The third-order valence-corrected chi connectivity index (χ3v) is 3.75. The number of benzene rings is 1. The summed E-state index contributed by atoms with van der Waals surface area (Å²) in [6.45, 7) is 5.96. The van der Waals surface area contributed by atoms with Crippen LogP contribution in [0.1, 0.15) is 25.5 Å². The number of hydrogen-bond acceptors (Lipinski definition) is 4. The number of amides is 1. The SMILES string of the molecule is CC(Oc1ccc([C@@H](C)N)cc1Cl)C(=O)N1CCOCC1. The maximum absolute atomic E-state index is 12.3. The summed E-state index contributed by atoms with van der Waals surface area (Å²) in [6.07, 6.45) is -0.582. The second-order valence-electron chi connectivity index (χ2n) is 5.18. The Morgan fingerprint density at radius 2 is 2.05 bits per heavy atom. The molecule has 0 spiro atoms. The Labute approximate surface area is 130 Å². The summed E-state index contributed by atoms with van der Waals surface area (Å²) in [7, 11) is 0. The summed E-state index contributed by atoms with van der Waals surface area (Å²) in [4.78, 5) is 14.0. The van der Waals surface area contributed by atoms with Crippen molar-refractivity contribution in [3.05, 3.63) is 28.8 Å². The van der Waals surface area contributed by atoms with Crippen LogP contribution in [0.4, 0.5) is 0 Å². The summed E-state index contributed by atoms with van der Waals surface area (Å²) < 4.78 is 10.9. The highest BCUT2D eigenvalue weighted by atomic mass is 35.5. The van der Waals surface area contributed by atoms with E-state index in [9.17, 15) is 4.79 Å². The van der Waals surface area contributed by atoms with Crippen molar-refractivity contribution < 1.29 is 14.3 Å². The molecule has 1 saturated heterocycles. The Balaban J connectivity index is 2.01. The van der Waals surface area contributed by atoms with E-state index in [1.807, 2.05) is 13.0 Å². The van der Waals surface area contributed by atoms with Crippen LogP contribution in [0, 0.1) is 0 Å². The Bertz CT molecular complexity index is 502. The van der Waals surface area contributed by atoms with Gasteiger partial charge in [0.25, 0.3) is 5.91 Å². The van der Waals surface area contributed by atoms with E-state index in [0.29, 0.717) is 37.1 Å². The van der Waals surface area contributed by atoms with Gasteiger partial charge in [-0.25, -0.2) is 0 Å². The van der Waals surface area contributed by atoms with Crippen molar-refractivity contribution in [3.63, 3.8) is 0 Å². The van der Waals surface area contributed by atoms with Crippen molar-refractivity contribution >= 4 is 17.5 Å². The molecule has 1 fully saturated rings. The molecule has 6 heteroatoms. The van der Waals surface area contributed by atoms with Gasteiger partial charge >= 0.3 is 0 Å². The lowest BCUT2D eigenvalue weighted by Crippen LogP contribution is -2.46. The highest BCUT2D eigenvalue weighted by molar-refractivity contribution is 6.32. The van der Waals surface area contributed by atoms with E-state index < -0.39 is 6.10 Å². The number of ether oxygens (including phenoxy) is 2. The van der Waals surface area contributed by atoms with Gasteiger partial charge in [-0.1, -0.05) is 17.7 Å². The van der Waals surface area contributed by atoms with Crippen LogP contribution in [-0.2, 0) is 9.53 Å². The summed E-state index contributed by atoms with van der Waals surface area (Å²) in [5, 5.41) is 0.464. The summed E-state index contributed by atoms with van der Waals surface area (Å²) >= 11 is 6.18. The fourth-order valence-electron chi connectivity index (χ4n) is 2.18. The molecule has 1 unspecified atom stereocenters. The highest BCUT2D eigenvalue weighted by Gasteiger charge is 2.24. The fourth-order valence-corrected chi connectivity index (χ4v) is 2.41. The van der Waals surface area contributed by atoms with Crippen LogP contribution in [0.25, 0.3) is 0 Å². The fraction of sp³-hybridized carbons (Fsp3) is 0.533. The number of carbonyl (C=O) groups excluding carboxylic acids is 1. The lowest BCUT2D eigenvalue weighted by atomic mass is 10.1. The van der Waals surface area contributed by atoms with Gasteiger partial charge in [0.2, 0.25) is 0 Å². The monoisotopic (exact) mass is 312 g/mol. The molecule has 1 amide bonds. The van der Waals surface area contributed by atoms with Crippen LogP contribution in [0.5, 0.6) is 5.75 Å². The van der Waals surface area contributed by atoms with E-state index in [0.717, 1.165) is 5.56 Å². The first-order valence-electron chi connectivity index (χ1n) is 7.07. The van der Waals surface area contributed by atoms with Gasteiger partial charge in [-0.15, -0.1) is 0 Å². The lowest BCUT2D eigenvalue weighted by molar-refractivity contribution is -0.142. The summed E-state index contributed by atoms with van der Waals surface area (Å²) in [5.74, 6) is 0.445. The Kier molecular flexibility index (Phi) is 5.45. The number of nitrogens with two attached hydrogens (primary N) is 1. The van der Waals surface area contributed by atoms with Crippen molar-refractivity contribution in [2.75, 3.05) is 26.3 Å². The quantitative estimate of drug-likeness (QED) is 0.923. The Morgan fingerprint density at radius 1 is 1.38 bits per heavy atom. The minimum atomic E-state index is -0.582. The van der Waals surface area contributed by atoms with Crippen LogP contribution in [0.2, 0.25) is 5.02 Å². The molecule has 116 valence electrons. The Morgan fingerprint density at radius 3 is 2.62 bits per heavy atom. The highest BCUT2D eigenvalue weighted by Crippen LogP contribution is 2.28. The standard InChI is InChI=1S/C15H21ClN2O3/c1-10(17)12-3-4-14(13(16)9-12)21-11(2)15(19)18-5-7-20-8-6-18/h3-4,9-11H,5-8,17H2,1-2H3/t10-,11?/m1/s1. The molecule has 2 N–H and O–H groups in total. The molecule has 1 aliphatic rings. The minimum Gasteiger partial charge on any atom is -0.479 e. The molecule has 21 heavy (non-hydrogen) atoms. The second-order valence-corrected chi connectivity index (χ2v) is 5.58. The van der Waals surface area contributed by atoms with Crippen molar-refractivity contribution in [1.29, 1.82) is 0 Å². The predicted octanol–water partition coefficient (Wildman–Crippen LogP) is 1.99. The van der Waals surface area contributed by atoms with Crippen LogP contribution in [0.15, 0.2) is 18.2 Å². The second kappa shape index (κ2) is 7.11. The van der Waals surface area contributed by atoms with Crippen LogP contribution in [-0.4, -0.2) is 43.2 Å². The molecule has 0 bridgehead atoms. The molecule has 0 radical (unpaired) electrons. The molecule has 1 aromatic rings. The minimum absolute atomic E-state index is 0.0503. The molecule has 1 aliphatic heterocycles. The normalized spacial score (nSPS) is 18.2. The van der Waals surface area contributed by atoms with Gasteiger partial charge in [-0.05, 0) is 31.5 Å². The number of nitrogens with zero attached hydrogens (tertiary/aromatic N) is 1. The molecule has 1 heterocycles. The van der Waals surface area contributed by atoms with Crippen LogP contribution in [0.3, 0.4) is 0 Å². The summed E-state index contributed by atoms with van der Waals surface area (Å²) in [6, 6.07) is 5.29. The zero-order valence-corrected chi connectivity index (χ0v) is 13.1. The maximum Gasteiger partial charge on any atom is 0.263 e. The number of morpholine rings is 1. The first kappa shape index (κ1) is 16.1. The zero-order valence-electron chi connectivity index (χ0n) is 12.3. The van der Waals surface area contributed by atoms with E-state index in [2.05, 4.69) is 0 Å². The molecule has 2 atom stereocenters. The van der Waals surface area contributed by atoms with Gasteiger partial charge in [0.05, 0.1) is 18.2 Å². The van der Waals surface area contributed by atoms with Crippen molar-refractivity contribution in [2.45, 2.75) is 26.0 Å². The molecule has 0 aromatic heterocycles. The average molecular weight is 313 g/mol. The molecule has 2 rings (SSSR count). The van der Waals surface area contributed by atoms with Gasteiger partial charge < -0.3 is 20.1 Å². The third kappa shape index (κ3) is 4.09. The number of hydrogen-bond donors (Lipinski definition) is 1. The van der Waals surface area contributed by atoms with Crippen molar-refractivity contribution in [2.24, 2.45) is 5.73 Å². The molecular formula is C15H21ClN2O3. The van der Waals surface area contributed by atoms with E-state index in [1.165, 1.54) is 0 Å². The molecule has 1 aromatic carbocycles. The molecule has 0 aliphatic carbocycles. The van der Waals surface area contributed by atoms with Crippen molar-refractivity contribution in [3.8, 4) is 5.75 Å². The number of halogens is 1. The average Bonchev–Trinajstić information content (AvgIpc) is 2.49. The zero-order chi connectivity index (χ0) is 15.4. The smallest absolute Gasteiger partial charge is 0.263 e. The van der Waals surface area contributed by atoms with E-state index >= 15 is 0 Å². The van der Waals surface area contributed by atoms with E-state index in [-0.39, 0.29) is 11.9 Å². The van der Waals surface area contributed by atoms with E-state index in [4.69, 9.17) is 26.8 Å². The van der Waals surface area contributed by atoms with Gasteiger partial charge in [-0.3, -0.25) is 4.79 Å². The van der Waals surface area contributed by atoms with Crippen LogP contribution < -0.4 is 10.5 Å². The predicted molar refractivity (Wildman–Crippen MR) is 81.5 cm³/mol. The lowest BCUT2D eigenvalue weighted by Gasteiger charge is -2.29. The molecule has 0 saturated carbocycles. The third-order valence-electron chi connectivity index (χ3n) is 3.46. The van der Waals surface area contributed by atoms with E-state index in [1.54, 1.807) is 24.0 Å². The maximum atomic E-state index is 12.3. The van der Waals surface area contributed by atoms with Crippen LogP contribution >= 0.6 is 11.6 Å². The number of rotatable bonds is 4. The first-order valence-corrected chi connectivity index (χ1v) is 7.45. The largest absolute Gasteiger partial charge is 0.479 e. The summed E-state index contributed by atoms with van der Waals surface area (Å²) in [5.41, 5.74) is 6.74. The van der Waals surface area contributed by atoms with Gasteiger partial charge in [0.1, 0.15) is 5.75 Å². The van der Waals surface area contributed by atoms with Gasteiger partial charge in [-0.2, -0.15) is 0 Å².